The number of ether oxygens (including phenoxy) is 1. The number of H-pyrrole nitrogens is 1. The quantitative estimate of drug-likeness (QED) is 0.287. The molecule has 1 aromatic heterocycles. The Balaban J connectivity index is 1.27. The summed E-state index contributed by atoms with van der Waals surface area (Å²) in [5, 5.41) is 26.7. The molecule has 1 spiro atoms. The number of rotatable bonds is 8. The Hall–Kier alpha value is -3.19. The van der Waals surface area contributed by atoms with Crippen molar-refractivity contribution in [1.82, 2.24) is 20.3 Å². The number of aliphatic hydroxyl groups is 1. The molecule has 2 aliphatic heterocycles. The average Bonchev–Trinajstić information content (AvgIpc) is 3.34. The second kappa shape index (κ2) is 12.8. The van der Waals surface area contributed by atoms with E-state index in [4.69, 9.17) is 9.57 Å². The van der Waals surface area contributed by atoms with E-state index in [2.05, 4.69) is 10.3 Å². The Morgan fingerprint density at radius 3 is 2.67 bits per heavy atom. The van der Waals surface area contributed by atoms with Crippen LogP contribution in [-0.4, -0.2) is 76.1 Å². The maximum absolute atomic E-state index is 14.7. The largest absolute Gasteiger partial charge is 0.506 e. The zero-order valence-electron chi connectivity index (χ0n) is 25.0. The van der Waals surface area contributed by atoms with Gasteiger partial charge in [-0.15, -0.1) is 5.06 Å². The Bertz CT molecular complexity index is 1490. The number of nitrogens with zero attached hydrogens (tertiary/aromatic N) is 2. The maximum Gasteiger partial charge on any atom is 0.410 e. The van der Waals surface area contributed by atoms with Gasteiger partial charge in [0.05, 0.1) is 17.3 Å². The SMILES string of the molecule is CC(C)(C)OC(=O)N(CCc1cc(F)cc(ON2CCC3(CCCNC3)CC2)c1)CC(O)c1ccc(O)c2[nH]c(=O)sc12. The van der Waals surface area contributed by atoms with Crippen molar-refractivity contribution in [2.75, 3.05) is 39.3 Å². The maximum atomic E-state index is 14.7. The monoisotopic (exact) mass is 616 g/mol. The smallest absolute Gasteiger partial charge is 0.410 e. The van der Waals surface area contributed by atoms with Crippen LogP contribution in [-0.2, 0) is 11.2 Å². The van der Waals surface area contributed by atoms with Gasteiger partial charge in [-0.25, -0.2) is 9.18 Å². The molecule has 2 aliphatic rings. The molecular formula is C31H41FN4O6S. The number of benzene rings is 2. The summed E-state index contributed by atoms with van der Waals surface area (Å²) in [6.07, 6.45) is 2.97. The number of hydroxylamine groups is 2. The fourth-order valence-electron chi connectivity index (χ4n) is 5.93. The van der Waals surface area contributed by atoms with Crippen molar-refractivity contribution in [3.05, 3.63) is 56.9 Å². The average molecular weight is 617 g/mol. The molecule has 1 amide bonds. The van der Waals surface area contributed by atoms with E-state index in [-0.39, 0.29) is 35.6 Å². The molecule has 43 heavy (non-hydrogen) atoms. The minimum absolute atomic E-state index is 0.104. The van der Waals surface area contributed by atoms with Gasteiger partial charge in [-0.3, -0.25) is 4.79 Å². The lowest BCUT2D eigenvalue weighted by molar-refractivity contribution is -0.102. The lowest BCUT2D eigenvalue weighted by Gasteiger charge is -2.43. The molecule has 0 radical (unpaired) electrons. The van der Waals surface area contributed by atoms with Crippen LogP contribution >= 0.6 is 11.3 Å². The van der Waals surface area contributed by atoms with Crippen LogP contribution in [0.15, 0.2) is 35.1 Å². The van der Waals surface area contributed by atoms with Gasteiger partial charge >= 0.3 is 11.0 Å². The Labute approximate surface area is 254 Å². The molecule has 10 nitrogen and oxygen atoms in total. The van der Waals surface area contributed by atoms with Crippen LogP contribution in [0.25, 0.3) is 10.2 Å². The highest BCUT2D eigenvalue weighted by atomic mass is 32.1. The van der Waals surface area contributed by atoms with Crippen molar-refractivity contribution in [3.8, 4) is 11.5 Å². The Morgan fingerprint density at radius 2 is 1.98 bits per heavy atom. The summed E-state index contributed by atoms with van der Waals surface area (Å²) in [7, 11) is 0. The molecule has 1 atom stereocenters. The summed E-state index contributed by atoms with van der Waals surface area (Å²) in [5.74, 6) is -0.131. The number of nitrogens with one attached hydrogen (secondary N) is 2. The van der Waals surface area contributed by atoms with Crippen LogP contribution in [0.5, 0.6) is 11.5 Å². The third kappa shape index (κ3) is 7.86. The van der Waals surface area contributed by atoms with Crippen molar-refractivity contribution in [2.45, 2.75) is 64.6 Å². The number of aromatic nitrogens is 1. The number of carbonyl (C=O) groups is 1. The summed E-state index contributed by atoms with van der Waals surface area (Å²) < 4.78 is 20.7. The normalized spacial score (nSPS) is 18.1. The van der Waals surface area contributed by atoms with Gasteiger partial charge in [0.25, 0.3) is 0 Å². The second-order valence-corrected chi connectivity index (χ2v) is 13.7. The lowest BCUT2D eigenvalue weighted by Crippen LogP contribution is -2.48. The van der Waals surface area contributed by atoms with E-state index in [0.717, 1.165) is 50.4 Å². The Morgan fingerprint density at radius 1 is 1.21 bits per heavy atom. The van der Waals surface area contributed by atoms with Gasteiger partial charge in [0.2, 0.25) is 0 Å². The van der Waals surface area contributed by atoms with E-state index in [0.29, 0.717) is 27.0 Å². The van der Waals surface area contributed by atoms with Crippen molar-refractivity contribution in [2.24, 2.45) is 5.41 Å². The minimum Gasteiger partial charge on any atom is -0.506 e. The third-order valence-electron chi connectivity index (χ3n) is 8.17. The first-order valence-electron chi connectivity index (χ1n) is 14.8. The molecule has 4 N–H and O–H groups in total. The van der Waals surface area contributed by atoms with Crippen molar-refractivity contribution in [3.63, 3.8) is 0 Å². The molecule has 2 fully saturated rings. The predicted molar refractivity (Wildman–Crippen MR) is 163 cm³/mol. The number of aromatic hydroxyl groups is 1. The zero-order valence-corrected chi connectivity index (χ0v) is 25.8. The highest BCUT2D eigenvalue weighted by Gasteiger charge is 2.36. The first-order chi connectivity index (χ1) is 20.4. The van der Waals surface area contributed by atoms with Crippen molar-refractivity contribution < 1.29 is 29.0 Å². The van der Waals surface area contributed by atoms with Gasteiger partial charge in [-0.05, 0) is 88.6 Å². The molecule has 0 bridgehead atoms. The van der Waals surface area contributed by atoms with Gasteiger partial charge < -0.3 is 35.0 Å². The summed E-state index contributed by atoms with van der Waals surface area (Å²) in [6, 6.07) is 7.48. The number of piperidine rings is 2. The number of fused-ring (bicyclic) bond motifs is 1. The number of hydrogen-bond acceptors (Lipinski definition) is 9. The molecule has 12 heteroatoms. The molecule has 0 aliphatic carbocycles. The molecule has 2 saturated heterocycles. The number of amides is 1. The number of carbonyl (C=O) groups excluding carboxylic acids is 1. The van der Waals surface area contributed by atoms with E-state index in [1.165, 1.54) is 42.0 Å². The summed E-state index contributed by atoms with van der Waals surface area (Å²) >= 11 is 0.872. The fourth-order valence-corrected chi connectivity index (χ4v) is 6.85. The molecule has 0 saturated carbocycles. The lowest BCUT2D eigenvalue weighted by atomic mass is 9.73. The van der Waals surface area contributed by atoms with Crippen LogP contribution in [0.1, 0.15) is 63.7 Å². The Kier molecular flexibility index (Phi) is 9.31. The number of thiazole rings is 1. The number of halogens is 1. The molecular weight excluding hydrogens is 575 g/mol. The van der Waals surface area contributed by atoms with Gasteiger partial charge in [-0.1, -0.05) is 17.4 Å². The van der Waals surface area contributed by atoms with Crippen LogP contribution < -0.4 is 15.0 Å². The standard InChI is InChI=1S/C31H41FN4O6S/c1-30(2,3)41-29(40)35(18-25(38)23-5-6-24(37)26-27(23)43-28(39)34-26)12-7-20-15-21(32)17-22(16-20)42-36-13-9-31(10-14-36)8-4-11-33-19-31/h5-6,15-17,25,33,37-38H,4,7-14,18-19H2,1-3H3,(H,34,39). The minimum atomic E-state index is -1.17. The third-order valence-corrected chi connectivity index (χ3v) is 9.10. The van der Waals surface area contributed by atoms with E-state index in [1.54, 1.807) is 26.8 Å². The first-order valence-corrected chi connectivity index (χ1v) is 15.7. The molecule has 3 heterocycles. The van der Waals surface area contributed by atoms with Gasteiger partial charge in [0.1, 0.15) is 22.7 Å². The number of phenolic OH excluding ortho intramolecular Hbond substituents is 1. The van der Waals surface area contributed by atoms with E-state index in [1.807, 2.05) is 5.06 Å². The van der Waals surface area contributed by atoms with Gasteiger partial charge in [0, 0.05) is 37.8 Å². The second-order valence-electron chi connectivity index (χ2n) is 12.7. The number of phenols is 1. The molecule has 234 valence electrons. The van der Waals surface area contributed by atoms with E-state index < -0.39 is 23.6 Å². The topological polar surface area (TPSA) is 127 Å². The molecule has 2 aromatic carbocycles. The number of hydrogen-bond donors (Lipinski definition) is 4. The zero-order chi connectivity index (χ0) is 30.8. The van der Waals surface area contributed by atoms with Crippen LogP contribution in [0.2, 0.25) is 0 Å². The van der Waals surface area contributed by atoms with E-state index >= 15 is 0 Å². The summed E-state index contributed by atoms with van der Waals surface area (Å²) in [6.45, 7) is 8.93. The number of aliphatic hydroxyl groups excluding tert-OH is 1. The molecule has 1 unspecified atom stereocenters. The summed E-state index contributed by atoms with van der Waals surface area (Å²) in [5.41, 5.74) is 0.831. The van der Waals surface area contributed by atoms with Crippen LogP contribution in [0, 0.1) is 11.2 Å². The van der Waals surface area contributed by atoms with Crippen molar-refractivity contribution in [1.29, 1.82) is 0 Å². The fraction of sp³-hybridized carbons (Fsp3) is 0.548. The number of aromatic amines is 1. The highest BCUT2D eigenvalue weighted by Crippen LogP contribution is 2.37. The van der Waals surface area contributed by atoms with Crippen LogP contribution in [0.4, 0.5) is 9.18 Å². The summed E-state index contributed by atoms with van der Waals surface area (Å²) in [4.78, 5) is 34.8. The molecule has 5 rings (SSSR count). The van der Waals surface area contributed by atoms with Crippen LogP contribution in [0.3, 0.4) is 0 Å². The predicted octanol–water partition coefficient (Wildman–Crippen LogP) is 4.71. The molecule has 3 aromatic rings. The highest BCUT2D eigenvalue weighted by molar-refractivity contribution is 7.16. The van der Waals surface area contributed by atoms with Crippen molar-refractivity contribution >= 4 is 27.6 Å². The first kappa shape index (κ1) is 31.2. The van der Waals surface area contributed by atoms with E-state index in [9.17, 15) is 24.2 Å². The van der Waals surface area contributed by atoms with Gasteiger partial charge in [0.15, 0.2) is 5.75 Å². The van der Waals surface area contributed by atoms with Gasteiger partial charge in [-0.2, -0.15) is 0 Å².